The Bertz CT molecular complexity index is 530. The van der Waals surface area contributed by atoms with Gasteiger partial charge in [0.2, 0.25) is 5.91 Å². The number of nitrogens with zero attached hydrogens (tertiary/aromatic N) is 2. The van der Waals surface area contributed by atoms with Crippen LogP contribution in [-0.4, -0.2) is 35.1 Å². The molecule has 1 amide bonds. The molecule has 3 N–H and O–H groups in total. The molecule has 0 radical (unpaired) electrons. The second kappa shape index (κ2) is 4.87. The van der Waals surface area contributed by atoms with E-state index >= 15 is 0 Å². The van der Waals surface area contributed by atoms with Gasteiger partial charge in [-0.25, -0.2) is 4.98 Å². The first-order valence-corrected chi connectivity index (χ1v) is 6.14. The fourth-order valence-electron chi connectivity index (χ4n) is 2.43. The third-order valence-corrected chi connectivity index (χ3v) is 3.48. The number of pyridine rings is 1. The summed E-state index contributed by atoms with van der Waals surface area (Å²) in [6.45, 7) is 4.71. The number of rotatable bonds is 3. The molecule has 0 spiro atoms. The van der Waals surface area contributed by atoms with Crippen molar-refractivity contribution in [3.05, 3.63) is 23.4 Å². The quantitative estimate of drug-likeness (QED) is 0.834. The number of carboxylic acid groups (broad SMARTS) is 1. The Balaban J connectivity index is 2.28. The van der Waals surface area contributed by atoms with E-state index in [2.05, 4.69) is 4.98 Å². The van der Waals surface area contributed by atoms with Crippen LogP contribution in [0.2, 0.25) is 0 Å². The third kappa shape index (κ3) is 2.67. The summed E-state index contributed by atoms with van der Waals surface area (Å²) < 4.78 is 0. The highest BCUT2D eigenvalue weighted by atomic mass is 16.4. The summed E-state index contributed by atoms with van der Waals surface area (Å²) in [5.41, 5.74) is 6.36. The van der Waals surface area contributed by atoms with Crippen molar-refractivity contribution >= 4 is 17.7 Å². The highest BCUT2D eigenvalue weighted by Crippen LogP contribution is 2.27. The molecule has 1 aromatic heterocycles. The van der Waals surface area contributed by atoms with Gasteiger partial charge in [0.1, 0.15) is 5.82 Å². The number of carbonyl (C=O) groups excluding carboxylic acids is 1. The van der Waals surface area contributed by atoms with Crippen LogP contribution in [0.1, 0.15) is 23.0 Å². The Hall–Kier alpha value is -2.11. The van der Waals surface area contributed by atoms with Gasteiger partial charge in [-0.05, 0) is 25.0 Å². The molecule has 2 rings (SSSR count). The molecule has 1 aromatic rings. The maximum absolute atomic E-state index is 11.2. The van der Waals surface area contributed by atoms with Crippen molar-refractivity contribution in [1.82, 2.24) is 4.98 Å². The Morgan fingerprint density at radius 3 is 2.63 bits per heavy atom. The highest BCUT2D eigenvalue weighted by molar-refractivity contribution is 5.93. The molecule has 6 heteroatoms. The van der Waals surface area contributed by atoms with Crippen LogP contribution >= 0.6 is 0 Å². The van der Waals surface area contributed by atoms with Crippen molar-refractivity contribution < 1.29 is 14.7 Å². The molecule has 2 heterocycles. The van der Waals surface area contributed by atoms with Gasteiger partial charge in [0.15, 0.2) is 0 Å². The van der Waals surface area contributed by atoms with E-state index in [-0.39, 0.29) is 5.92 Å². The van der Waals surface area contributed by atoms with Crippen molar-refractivity contribution in [1.29, 1.82) is 0 Å². The molecule has 0 bridgehead atoms. The minimum Gasteiger partial charge on any atom is -0.481 e. The van der Waals surface area contributed by atoms with Gasteiger partial charge in [-0.3, -0.25) is 9.59 Å². The van der Waals surface area contributed by atoms with E-state index in [0.717, 1.165) is 0 Å². The number of carbonyl (C=O) groups is 2. The van der Waals surface area contributed by atoms with Crippen LogP contribution < -0.4 is 10.6 Å². The standard InChI is InChI=1S/C13H17N3O3/c1-7-5-16(6-10(7)13(18)19)11-4-9(12(14)17)3-8(2)15-11/h3-4,7,10H,5-6H2,1-2H3,(H2,14,17)(H,18,19). The number of aromatic nitrogens is 1. The third-order valence-electron chi connectivity index (χ3n) is 3.48. The molecule has 2 unspecified atom stereocenters. The number of anilines is 1. The minimum absolute atomic E-state index is 0.0526. The van der Waals surface area contributed by atoms with Gasteiger partial charge in [0, 0.05) is 24.3 Å². The summed E-state index contributed by atoms with van der Waals surface area (Å²) in [7, 11) is 0. The van der Waals surface area contributed by atoms with Gasteiger partial charge in [-0.1, -0.05) is 6.92 Å². The number of hydrogen-bond donors (Lipinski definition) is 2. The lowest BCUT2D eigenvalue weighted by atomic mass is 9.99. The van der Waals surface area contributed by atoms with Crippen molar-refractivity contribution in [3.8, 4) is 0 Å². The van der Waals surface area contributed by atoms with E-state index in [1.807, 2.05) is 11.8 Å². The normalized spacial score (nSPS) is 22.5. The average molecular weight is 263 g/mol. The zero-order valence-electron chi connectivity index (χ0n) is 11.0. The Morgan fingerprint density at radius 2 is 2.11 bits per heavy atom. The highest BCUT2D eigenvalue weighted by Gasteiger charge is 2.35. The van der Waals surface area contributed by atoms with Crippen molar-refractivity contribution in [2.24, 2.45) is 17.6 Å². The van der Waals surface area contributed by atoms with Crippen molar-refractivity contribution in [2.75, 3.05) is 18.0 Å². The monoisotopic (exact) mass is 263 g/mol. The summed E-state index contributed by atoms with van der Waals surface area (Å²) in [5.74, 6) is -1.04. The maximum atomic E-state index is 11.2. The van der Waals surface area contributed by atoms with Gasteiger partial charge < -0.3 is 15.7 Å². The zero-order chi connectivity index (χ0) is 14.2. The van der Waals surface area contributed by atoms with Crippen LogP contribution in [0.5, 0.6) is 0 Å². The molecular weight excluding hydrogens is 246 g/mol. The lowest BCUT2D eigenvalue weighted by molar-refractivity contribution is -0.142. The van der Waals surface area contributed by atoms with E-state index < -0.39 is 17.8 Å². The Morgan fingerprint density at radius 1 is 1.42 bits per heavy atom. The van der Waals surface area contributed by atoms with E-state index in [1.165, 1.54) is 0 Å². The molecule has 6 nitrogen and oxygen atoms in total. The lowest BCUT2D eigenvalue weighted by Crippen LogP contribution is -2.24. The minimum atomic E-state index is -0.794. The molecule has 1 fully saturated rings. The van der Waals surface area contributed by atoms with E-state index in [4.69, 9.17) is 10.8 Å². The largest absolute Gasteiger partial charge is 0.481 e. The smallest absolute Gasteiger partial charge is 0.308 e. The molecule has 1 saturated heterocycles. The summed E-state index contributed by atoms with van der Waals surface area (Å²) in [4.78, 5) is 28.6. The van der Waals surface area contributed by atoms with Gasteiger partial charge in [-0.2, -0.15) is 0 Å². The molecular formula is C13H17N3O3. The van der Waals surface area contributed by atoms with Crippen LogP contribution in [0.25, 0.3) is 0 Å². The predicted octanol–water partition coefficient (Wildman–Crippen LogP) is 0.646. The molecule has 19 heavy (non-hydrogen) atoms. The van der Waals surface area contributed by atoms with Crippen LogP contribution in [-0.2, 0) is 4.79 Å². The predicted molar refractivity (Wildman–Crippen MR) is 70.0 cm³/mol. The molecule has 0 aromatic carbocycles. The number of aliphatic carboxylic acids is 1. The molecule has 1 aliphatic rings. The fourth-order valence-corrected chi connectivity index (χ4v) is 2.43. The summed E-state index contributed by atoms with van der Waals surface area (Å²) in [5, 5.41) is 9.12. The summed E-state index contributed by atoms with van der Waals surface area (Å²) >= 11 is 0. The molecule has 2 atom stereocenters. The SMILES string of the molecule is Cc1cc(C(N)=O)cc(N2CC(C)C(C(=O)O)C2)n1. The first-order chi connectivity index (χ1) is 8.88. The number of carboxylic acids is 1. The van der Waals surface area contributed by atoms with Crippen molar-refractivity contribution in [3.63, 3.8) is 0 Å². The van der Waals surface area contributed by atoms with Gasteiger partial charge in [0.05, 0.1) is 5.92 Å². The molecule has 0 aliphatic carbocycles. The van der Waals surface area contributed by atoms with Crippen molar-refractivity contribution in [2.45, 2.75) is 13.8 Å². The first kappa shape index (κ1) is 13.3. The van der Waals surface area contributed by atoms with Gasteiger partial charge in [-0.15, -0.1) is 0 Å². The lowest BCUT2D eigenvalue weighted by Gasteiger charge is -2.18. The molecule has 102 valence electrons. The number of primary amides is 1. The Kier molecular flexibility index (Phi) is 3.42. The second-order valence-corrected chi connectivity index (χ2v) is 5.05. The summed E-state index contributed by atoms with van der Waals surface area (Å²) in [6.07, 6.45) is 0. The number of aryl methyl sites for hydroxylation is 1. The Labute approximate surface area is 111 Å². The molecule has 0 saturated carbocycles. The van der Waals surface area contributed by atoms with Gasteiger partial charge in [0.25, 0.3) is 0 Å². The summed E-state index contributed by atoms with van der Waals surface area (Å²) in [6, 6.07) is 3.24. The van der Waals surface area contributed by atoms with Crippen LogP contribution in [0, 0.1) is 18.8 Å². The topological polar surface area (TPSA) is 96.5 Å². The van der Waals surface area contributed by atoms with Crippen LogP contribution in [0.15, 0.2) is 12.1 Å². The van der Waals surface area contributed by atoms with E-state index in [0.29, 0.717) is 30.2 Å². The number of hydrogen-bond acceptors (Lipinski definition) is 4. The fraction of sp³-hybridized carbons (Fsp3) is 0.462. The zero-order valence-corrected chi connectivity index (χ0v) is 11.0. The first-order valence-electron chi connectivity index (χ1n) is 6.14. The number of nitrogens with two attached hydrogens (primary N) is 1. The van der Waals surface area contributed by atoms with Crippen LogP contribution in [0.4, 0.5) is 5.82 Å². The number of amides is 1. The average Bonchev–Trinajstić information content (AvgIpc) is 2.70. The van der Waals surface area contributed by atoms with E-state index in [9.17, 15) is 9.59 Å². The molecule has 1 aliphatic heterocycles. The van der Waals surface area contributed by atoms with Crippen LogP contribution in [0.3, 0.4) is 0 Å². The second-order valence-electron chi connectivity index (χ2n) is 5.05. The van der Waals surface area contributed by atoms with Gasteiger partial charge >= 0.3 is 5.97 Å². The maximum Gasteiger partial charge on any atom is 0.308 e. The van der Waals surface area contributed by atoms with E-state index in [1.54, 1.807) is 19.1 Å².